The van der Waals surface area contributed by atoms with Crippen LogP contribution in [-0.4, -0.2) is 0 Å². The molecule has 0 heterocycles. The van der Waals surface area contributed by atoms with Gasteiger partial charge in [0, 0.05) is 11.6 Å². The molecule has 0 aromatic heterocycles. The maximum Gasteiger partial charge on any atom is 0.163 e. The first-order valence-electron chi connectivity index (χ1n) is 6.66. The number of rotatable bonds is 2. The molecule has 2 rings (SSSR count). The molecule has 0 bridgehead atoms. The second-order valence-electron chi connectivity index (χ2n) is 5.79. The zero-order valence-corrected chi connectivity index (χ0v) is 11.1. The monoisotopic (exact) mass is 253 g/mol. The lowest BCUT2D eigenvalue weighted by atomic mass is 9.69. The quantitative estimate of drug-likeness (QED) is 0.838. The zero-order chi connectivity index (χ0) is 13.3. The molecule has 100 valence electrons. The lowest BCUT2D eigenvalue weighted by molar-refractivity contribution is 0.167. The van der Waals surface area contributed by atoms with Crippen LogP contribution in [0.5, 0.6) is 0 Å². The lowest BCUT2D eigenvalue weighted by Gasteiger charge is -2.39. The Kier molecular flexibility index (Phi) is 3.71. The van der Waals surface area contributed by atoms with E-state index in [-0.39, 0.29) is 5.41 Å². The number of nitrogens with two attached hydrogens (primary N) is 1. The second-order valence-corrected chi connectivity index (χ2v) is 5.79. The number of aryl methyl sites for hydroxylation is 1. The summed E-state index contributed by atoms with van der Waals surface area (Å²) in [6, 6.07) is 2.82. The normalized spacial score (nSPS) is 20.7. The van der Waals surface area contributed by atoms with Crippen molar-refractivity contribution in [2.75, 3.05) is 0 Å². The van der Waals surface area contributed by atoms with E-state index in [4.69, 9.17) is 5.73 Å². The highest BCUT2D eigenvalue weighted by Crippen LogP contribution is 2.45. The summed E-state index contributed by atoms with van der Waals surface area (Å²) in [4.78, 5) is 0. The maximum atomic E-state index is 14.0. The van der Waals surface area contributed by atoms with Gasteiger partial charge in [-0.25, -0.2) is 8.78 Å². The largest absolute Gasteiger partial charge is 0.323 e. The summed E-state index contributed by atoms with van der Waals surface area (Å²) < 4.78 is 27.6. The van der Waals surface area contributed by atoms with E-state index in [1.54, 1.807) is 19.1 Å². The highest BCUT2D eigenvalue weighted by Gasteiger charge is 2.35. The highest BCUT2D eigenvalue weighted by atomic mass is 19.2. The topological polar surface area (TPSA) is 26.0 Å². The van der Waals surface area contributed by atoms with Crippen LogP contribution in [0.1, 0.15) is 56.2 Å². The fraction of sp³-hybridized carbons (Fsp3) is 0.600. The molecule has 0 amide bonds. The molecule has 1 fully saturated rings. The Balaban J connectivity index is 2.33. The van der Waals surface area contributed by atoms with E-state index < -0.39 is 17.7 Å². The Morgan fingerprint density at radius 1 is 1.11 bits per heavy atom. The van der Waals surface area contributed by atoms with Crippen LogP contribution in [0, 0.1) is 24.0 Å². The molecule has 1 aliphatic rings. The van der Waals surface area contributed by atoms with Gasteiger partial charge >= 0.3 is 0 Å². The molecule has 2 N–H and O–H groups in total. The molecular weight excluding hydrogens is 232 g/mol. The van der Waals surface area contributed by atoms with Crippen LogP contribution < -0.4 is 5.73 Å². The lowest BCUT2D eigenvalue weighted by Crippen LogP contribution is -2.34. The fourth-order valence-corrected chi connectivity index (χ4v) is 2.95. The molecule has 1 atom stereocenters. The van der Waals surface area contributed by atoms with Crippen LogP contribution in [-0.2, 0) is 0 Å². The third-order valence-corrected chi connectivity index (χ3v) is 4.39. The highest BCUT2D eigenvalue weighted by molar-refractivity contribution is 5.29. The van der Waals surface area contributed by atoms with Gasteiger partial charge in [0.1, 0.15) is 0 Å². The second kappa shape index (κ2) is 4.96. The molecule has 1 aliphatic carbocycles. The van der Waals surface area contributed by atoms with Crippen LogP contribution in [0.4, 0.5) is 8.78 Å². The fourth-order valence-electron chi connectivity index (χ4n) is 2.95. The van der Waals surface area contributed by atoms with Crippen molar-refractivity contribution in [1.82, 2.24) is 0 Å². The van der Waals surface area contributed by atoms with Gasteiger partial charge in [0.15, 0.2) is 11.6 Å². The minimum Gasteiger partial charge on any atom is -0.323 e. The number of hydrogen-bond donors (Lipinski definition) is 1. The van der Waals surface area contributed by atoms with Crippen molar-refractivity contribution in [3.8, 4) is 0 Å². The molecule has 0 saturated heterocycles. The molecule has 1 aromatic carbocycles. The first-order chi connectivity index (χ1) is 8.46. The van der Waals surface area contributed by atoms with Gasteiger partial charge in [0.25, 0.3) is 0 Å². The van der Waals surface area contributed by atoms with Crippen molar-refractivity contribution < 1.29 is 8.78 Å². The van der Waals surface area contributed by atoms with E-state index in [1.165, 1.54) is 6.42 Å². The average molecular weight is 253 g/mol. The number of halogens is 2. The molecule has 1 saturated carbocycles. The van der Waals surface area contributed by atoms with E-state index in [1.807, 2.05) is 0 Å². The van der Waals surface area contributed by atoms with Crippen molar-refractivity contribution in [2.45, 2.75) is 52.0 Å². The van der Waals surface area contributed by atoms with Gasteiger partial charge in [-0.15, -0.1) is 0 Å². The van der Waals surface area contributed by atoms with Crippen molar-refractivity contribution in [3.05, 3.63) is 34.9 Å². The first-order valence-corrected chi connectivity index (χ1v) is 6.66. The Hall–Kier alpha value is -0.960. The number of hydrogen-bond acceptors (Lipinski definition) is 1. The van der Waals surface area contributed by atoms with Crippen LogP contribution in [0.3, 0.4) is 0 Å². The molecule has 18 heavy (non-hydrogen) atoms. The first kappa shape index (κ1) is 13.5. The summed E-state index contributed by atoms with van der Waals surface area (Å²) in [5, 5.41) is 0. The Morgan fingerprint density at radius 2 is 1.72 bits per heavy atom. The van der Waals surface area contributed by atoms with E-state index in [0.29, 0.717) is 11.1 Å². The van der Waals surface area contributed by atoms with Crippen molar-refractivity contribution in [1.29, 1.82) is 0 Å². The van der Waals surface area contributed by atoms with Crippen LogP contribution >= 0.6 is 0 Å². The van der Waals surface area contributed by atoms with Gasteiger partial charge in [-0.3, -0.25) is 0 Å². The van der Waals surface area contributed by atoms with Gasteiger partial charge in [0.2, 0.25) is 0 Å². The summed E-state index contributed by atoms with van der Waals surface area (Å²) in [6.45, 7) is 3.66. The van der Waals surface area contributed by atoms with E-state index in [9.17, 15) is 8.78 Å². The van der Waals surface area contributed by atoms with E-state index in [2.05, 4.69) is 6.92 Å². The Labute approximate surface area is 107 Å². The Morgan fingerprint density at radius 3 is 2.33 bits per heavy atom. The molecule has 1 unspecified atom stereocenters. The molecule has 1 aromatic rings. The van der Waals surface area contributed by atoms with Gasteiger partial charge in [-0.1, -0.05) is 38.3 Å². The standard InChI is InChI=1S/C15H21F2N/c1-10-6-7-11(13(17)12(10)16)14(18)15(2)8-4-3-5-9-15/h6-7,14H,3-5,8-9,18H2,1-2H3. The minimum atomic E-state index is -0.769. The van der Waals surface area contributed by atoms with Crippen LogP contribution in [0.15, 0.2) is 12.1 Å². The van der Waals surface area contributed by atoms with Crippen molar-refractivity contribution >= 4 is 0 Å². The van der Waals surface area contributed by atoms with Crippen LogP contribution in [0.2, 0.25) is 0 Å². The summed E-state index contributed by atoms with van der Waals surface area (Å²) >= 11 is 0. The van der Waals surface area contributed by atoms with Crippen LogP contribution in [0.25, 0.3) is 0 Å². The molecular formula is C15H21F2N. The van der Waals surface area contributed by atoms with Gasteiger partial charge in [-0.05, 0) is 30.7 Å². The van der Waals surface area contributed by atoms with Gasteiger partial charge < -0.3 is 5.73 Å². The third kappa shape index (κ3) is 2.28. The predicted octanol–water partition coefficient (Wildman–Crippen LogP) is 4.24. The summed E-state index contributed by atoms with van der Waals surface area (Å²) in [7, 11) is 0. The molecule has 3 heteroatoms. The van der Waals surface area contributed by atoms with E-state index >= 15 is 0 Å². The van der Waals surface area contributed by atoms with E-state index in [0.717, 1.165) is 25.7 Å². The third-order valence-electron chi connectivity index (χ3n) is 4.39. The summed E-state index contributed by atoms with van der Waals surface area (Å²) in [5.74, 6) is -1.53. The van der Waals surface area contributed by atoms with Crippen molar-refractivity contribution in [2.24, 2.45) is 11.1 Å². The predicted molar refractivity (Wildman–Crippen MR) is 69.2 cm³/mol. The van der Waals surface area contributed by atoms with Gasteiger partial charge in [0.05, 0.1) is 0 Å². The summed E-state index contributed by atoms with van der Waals surface area (Å²) in [5.41, 5.74) is 6.76. The zero-order valence-electron chi connectivity index (χ0n) is 11.1. The smallest absolute Gasteiger partial charge is 0.163 e. The molecule has 0 radical (unpaired) electrons. The van der Waals surface area contributed by atoms with Gasteiger partial charge in [-0.2, -0.15) is 0 Å². The molecule has 0 spiro atoms. The minimum absolute atomic E-state index is 0.110. The number of benzene rings is 1. The molecule has 1 nitrogen and oxygen atoms in total. The Bertz CT molecular complexity index is 436. The summed E-state index contributed by atoms with van der Waals surface area (Å²) in [6.07, 6.45) is 5.44. The average Bonchev–Trinajstić information content (AvgIpc) is 2.36. The molecule has 0 aliphatic heterocycles. The maximum absolute atomic E-state index is 14.0. The van der Waals surface area contributed by atoms with Crippen molar-refractivity contribution in [3.63, 3.8) is 0 Å². The SMILES string of the molecule is Cc1ccc(C(N)C2(C)CCCCC2)c(F)c1F.